The van der Waals surface area contributed by atoms with Gasteiger partial charge in [-0.25, -0.2) is 0 Å². The zero-order chi connectivity index (χ0) is 11.3. The fourth-order valence-corrected chi connectivity index (χ4v) is 1.41. The molecule has 0 radical (unpaired) electrons. The Labute approximate surface area is 94.6 Å². The van der Waals surface area contributed by atoms with E-state index in [1.807, 2.05) is 13.0 Å². The highest BCUT2D eigenvalue weighted by molar-refractivity contribution is 6.31. The van der Waals surface area contributed by atoms with Crippen molar-refractivity contribution in [3.63, 3.8) is 0 Å². The number of nitrogens with one attached hydrogen (secondary N) is 1. The molecule has 0 aliphatic heterocycles. The molecule has 0 saturated carbocycles. The van der Waals surface area contributed by atoms with E-state index in [1.54, 1.807) is 12.1 Å². The molecule has 1 amide bonds. The van der Waals surface area contributed by atoms with E-state index in [9.17, 15) is 4.79 Å². The van der Waals surface area contributed by atoms with Gasteiger partial charge in [0.2, 0.25) is 0 Å². The molecule has 82 valence electrons. The molecular weight excluding hydrogens is 212 g/mol. The lowest BCUT2D eigenvalue weighted by Gasteiger charge is -2.07. The van der Waals surface area contributed by atoms with Crippen LogP contribution in [0, 0.1) is 6.92 Å². The summed E-state index contributed by atoms with van der Waals surface area (Å²) in [5, 5.41) is 3.36. The largest absolute Gasteiger partial charge is 0.352 e. The molecule has 15 heavy (non-hydrogen) atoms. The summed E-state index contributed by atoms with van der Waals surface area (Å²) >= 11 is 5.82. The van der Waals surface area contributed by atoms with E-state index < -0.39 is 0 Å². The monoisotopic (exact) mass is 226 g/mol. The molecule has 0 aromatic heterocycles. The van der Waals surface area contributed by atoms with Crippen LogP contribution in [0.15, 0.2) is 18.2 Å². The fourth-order valence-electron chi connectivity index (χ4n) is 1.24. The molecular formula is C11H15ClN2O. The minimum absolute atomic E-state index is 0.0940. The Kier molecular flexibility index (Phi) is 4.59. The van der Waals surface area contributed by atoms with Gasteiger partial charge in [0.15, 0.2) is 0 Å². The Morgan fingerprint density at radius 1 is 1.53 bits per heavy atom. The van der Waals surface area contributed by atoms with E-state index in [0.29, 0.717) is 23.7 Å². The first kappa shape index (κ1) is 12.0. The van der Waals surface area contributed by atoms with Gasteiger partial charge in [-0.3, -0.25) is 4.79 Å². The lowest BCUT2D eigenvalue weighted by molar-refractivity contribution is 0.0953. The summed E-state index contributed by atoms with van der Waals surface area (Å²) in [4.78, 5) is 11.7. The molecule has 0 aliphatic carbocycles. The number of aryl methyl sites for hydroxylation is 1. The van der Waals surface area contributed by atoms with Gasteiger partial charge < -0.3 is 11.1 Å². The highest BCUT2D eigenvalue weighted by atomic mass is 35.5. The van der Waals surface area contributed by atoms with Gasteiger partial charge in [-0.05, 0) is 37.6 Å². The zero-order valence-electron chi connectivity index (χ0n) is 8.72. The average molecular weight is 227 g/mol. The molecule has 0 heterocycles. The molecule has 1 aromatic carbocycles. The van der Waals surface area contributed by atoms with Crippen LogP contribution in [0.3, 0.4) is 0 Å². The van der Waals surface area contributed by atoms with Crippen molar-refractivity contribution in [2.24, 2.45) is 5.73 Å². The molecule has 0 unspecified atom stereocenters. The standard InChI is InChI=1S/C11H15ClN2O/c1-8-3-4-9(12)7-10(8)11(15)14-6-2-5-13/h3-4,7H,2,5-6,13H2,1H3,(H,14,15). The minimum atomic E-state index is -0.0940. The Morgan fingerprint density at radius 2 is 2.27 bits per heavy atom. The van der Waals surface area contributed by atoms with Crippen molar-refractivity contribution < 1.29 is 4.79 Å². The molecule has 1 aromatic rings. The number of halogens is 1. The first-order valence-corrected chi connectivity index (χ1v) is 5.27. The maximum Gasteiger partial charge on any atom is 0.251 e. The van der Waals surface area contributed by atoms with Crippen LogP contribution in [-0.4, -0.2) is 19.0 Å². The third-order valence-electron chi connectivity index (χ3n) is 2.11. The van der Waals surface area contributed by atoms with Crippen LogP contribution in [0.1, 0.15) is 22.3 Å². The lowest BCUT2D eigenvalue weighted by Crippen LogP contribution is -2.26. The summed E-state index contributed by atoms with van der Waals surface area (Å²) < 4.78 is 0. The van der Waals surface area contributed by atoms with Gasteiger partial charge >= 0.3 is 0 Å². The molecule has 3 N–H and O–H groups in total. The number of carbonyl (C=O) groups excluding carboxylic acids is 1. The highest BCUT2D eigenvalue weighted by Gasteiger charge is 2.08. The van der Waals surface area contributed by atoms with E-state index in [2.05, 4.69) is 5.32 Å². The molecule has 3 nitrogen and oxygen atoms in total. The normalized spacial score (nSPS) is 10.1. The van der Waals surface area contributed by atoms with Crippen LogP contribution in [0.4, 0.5) is 0 Å². The van der Waals surface area contributed by atoms with Gasteiger partial charge in [-0.1, -0.05) is 17.7 Å². The number of hydrogen-bond acceptors (Lipinski definition) is 2. The van der Waals surface area contributed by atoms with Crippen molar-refractivity contribution in [1.29, 1.82) is 0 Å². The second kappa shape index (κ2) is 5.73. The van der Waals surface area contributed by atoms with Crippen molar-refractivity contribution in [2.75, 3.05) is 13.1 Å². The van der Waals surface area contributed by atoms with Crippen LogP contribution >= 0.6 is 11.6 Å². The number of amides is 1. The van der Waals surface area contributed by atoms with E-state index in [4.69, 9.17) is 17.3 Å². The van der Waals surface area contributed by atoms with Crippen molar-refractivity contribution in [2.45, 2.75) is 13.3 Å². The van der Waals surface area contributed by atoms with Crippen LogP contribution in [0.2, 0.25) is 5.02 Å². The predicted octanol–water partition coefficient (Wildman–Crippen LogP) is 1.73. The Morgan fingerprint density at radius 3 is 2.93 bits per heavy atom. The number of rotatable bonds is 4. The summed E-state index contributed by atoms with van der Waals surface area (Å²) in [6, 6.07) is 5.28. The van der Waals surface area contributed by atoms with E-state index in [-0.39, 0.29) is 5.91 Å². The molecule has 0 aliphatic rings. The average Bonchev–Trinajstić information content (AvgIpc) is 2.22. The van der Waals surface area contributed by atoms with Crippen molar-refractivity contribution in [3.05, 3.63) is 34.3 Å². The molecule has 1 rings (SSSR count). The van der Waals surface area contributed by atoms with Gasteiger partial charge in [0.05, 0.1) is 0 Å². The van der Waals surface area contributed by atoms with Crippen molar-refractivity contribution in [3.8, 4) is 0 Å². The molecule has 0 atom stereocenters. The number of benzene rings is 1. The lowest BCUT2D eigenvalue weighted by atomic mass is 10.1. The maximum atomic E-state index is 11.7. The number of nitrogens with two attached hydrogens (primary N) is 1. The Bertz CT molecular complexity index is 352. The molecule has 4 heteroatoms. The fraction of sp³-hybridized carbons (Fsp3) is 0.364. The molecule has 0 saturated heterocycles. The summed E-state index contributed by atoms with van der Waals surface area (Å²) in [6.07, 6.45) is 0.783. The SMILES string of the molecule is Cc1ccc(Cl)cc1C(=O)NCCCN. The summed E-state index contributed by atoms with van der Waals surface area (Å²) in [5.41, 5.74) is 6.88. The summed E-state index contributed by atoms with van der Waals surface area (Å²) in [7, 11) is 0. The first-order chi connectivity index (χ1) is 7.15. The topological polar surface area (TPSA) is 55.1 Å². The number of hydrogen-bond donors (Lipinski definition) is 2. The van der Waals surface area contributed by atoms with E-state index >= 15 is 0 Å². The van der Waals surface area contributed by atoms with Crippen LogP contribution < -0.4 is 11.1 Å². The van der Waals surface area contributed by atoms with Gasteiger partial charge in [0.1, 0.15) is 0 Å². The summed E-state index contributed by atoms with van der Waals surface area (Å²) in [5.74, 6) is -0.0940. The highest BCUT2D eigenvalue weighted by Crippen LogP contribution is 2.15. The third-order valence-corrected chi connectivity index (χ3v) is 2.35. The molecule has 0 bridgehead atoms. The van der Waals surface area contributed by atoms with Gasteiger partial charge in [0.25, 0.3) is 5.91 Å². The van der Waals surface area contributed by atoms with E-state index in [1.165, 1.54) is 0 Å². The zero-order valence-corrected chi connectivity index (χ0v) is 9.47. The third kappa shape index (κ3) is 3.53. The number of carbonyl (C=O) groups is 1. The van der Waals surface area contributed by atoms with E-state index in [0.717, 1.165) is 12.0 Å². The van der Waals surface area contributed by atoms with Crippen LogP contribution in [0.5, 0.6) is 0 Å². The second-order valence-corrected chi connectivity index (χ2v) is 3.79. The second-order valence-electron chi connectivity index (χ2n) is 3.36. The van der Waals surface area contributed by atoms with Crippen LogP contribution in [-0.2, 0) is 0 Å². The van der Waals surface area contributed by atoms with Crippen LogP contribution in [0.25, 0.3) is 0 Å². The maximum absolute atomic E-state index is 11.7. The Balaban J connectivity index is 2.68. The minimum Gasteiger partial charge on any atom is -0.352 e. The molecule has 0 fully saturated rings. The molecule has 0 spiro atoms. The smallest absolute Gasteiger partial charge is 0.251 e. The van der Waals surface area contributed by atoms with Gasteiger partial charge in [0, 0.05) is 17.1 Å². The predicted molar refractivity (Wildman–Crippen MR) is 62.2 cm³/mol. The quantitative estimate of drug-likeness (QED) is 0.769. The van der Waals surface area contributed by atoms with Gasteiger partial charge in [-0.15, -0.1) is 0 Å². The Hall–Kier alpha value is -1.06. The summed E-state index contributed by atoms with van der Waals surface area (Å²) in [6.45, 7) is 3.06. The first-order valence-electron chi connectivity index (χ1n) is 4.89. The van der Waals surface area contributed by atoms with Crippen molar-refractivity contribution >= 4 is 17.5 Å². The van der Waals surface area contributed by atoms with Gasteiger partial charge in [-0.2, -0.15) is 0 Å². The van der Waals surface area contributed by atoms with Crippen molar-refractivity contribution in [1.82, 2.24) is 5.32 Å².